The Bertz CT molecular complexity index is 1130. The summed E-state index contributed by atoms with van der Waals surface area (Å²) in [5.41, 5.74) is 6.52. The van der Waals surface area contributed by atoms with E-state index >= 15 is 0 Å². The number of likely N-dealkylation sites (N-methyl/N-ethyl adjacent to an activating group) is 1. The molecule has 30 heavy (non-hydrogen) atoms. The maximum atomic E-state index is 13.4. The predicted molar refractivity (Wildman–Crippen MR) is 122 cm³/mol. The van der Waals surface area contributed by atoms with Gasteiger partial charge in [0.2, 0.25) is 0 Å². The number of benzodiazepines with no additional fused rings is 1. The molecule has 0 radical (unpaired) electrons. The lowest BCUT2D eigenvalue weighted by molar-refractivity contribution is -0.119. The van der Waals surface area contributed by atoms with Crippen LogP contribution in [0.2, 0.25) is 5.02 Å². The van der Waals surface area contributed by atoms with E-state index in [0.717, 1.165) is 33.5 Å². The third kappa shape index (κ3) is 3.71. The molecule has 0 saturated heterocycles. The summed E-state index contributed by atoms with van der Waals surface area (Å²) in [6.07, 6.45) is 0.519. The number of carbonyl (C=O) groups is 1. The summed E-state index contributed by atoms with van der Waals surface area (Å²) in [5, 5.41) is 10.3. The van der Waals surface area contributed by atoms with E-state index in [1.807, 2.05) is 30.3 Å². The van der Waals surface area contributed by atoms with Crippen LogP contribution < -0.4 is 4.90 Å². The lowest BCUT2D eigenvalue weighted by atomic mass is 9.96. The highest BCUT2D eigenvalue weighted by Gasteiger charge is 2.30. The average molecular weight is 419 g/mol. The molecule has 1 heterocycles. The number of phenolic OH excluding ortho intramolecular Hbond substituents is 1. The van der Waals surface area contributed by atoms with Gasteiger partial charge < -0.3 is 10.0 Å². The molecule has 1 N–H and O–H groups in total. The van der Waals surface area contributed by atoms with Crippen molar-refractivity contribution in [3.63, 3.8) is 0 Å². The van der Waals surface area contributed by atoms with Crippen molar-refractivity contribution in [2.24, 2.45) is 4.99 Å². The normalized spacial score (nSPS) is 16.1. The highest BCUT2D eigenvalue weighted by molar-refractivity contribution is 6.32. The Morgan fingerprint density at radius 1 is 1.03 bits per heavy atom. The average Bonchev–Trinajstić information content (AvgIpc) is 2.82. The molecule has 1 amide bonds. The molecule has 1 atom stereocenters. The van der Waals surface area contributed by atoms with Crippen LogP contribution in [0.15, 0.2) is 65.7 Å². The van der Waals surface area contributed by atoms with E-state index in [1.165, 1.54) is 0 Å². The molecule has 0 spiro atoms. The number of fused-ring (bicyclic) bond motifs is 1. The minimum atomic E-state index is -0.565. The van der Waals surface area contributed by atoms with Gasteiger partial charge in [-0.15, -0.1) is 0 Å². The lowest BCUT2D eigenvalue weighted by Crippen LogP contribution is -2.36. The van der Waals surface area contributed by atoms with Crippen LogP contribution in [-0.4, -0.2) is 29.8 Å². The van der Waals surface area contributed by atoms with E-state index in [1.54, 1.807) is 30.1 Å². The molecule has 0 aliphatic carbocycles. The fraction of sp³-hybridized carbons (Fsp3) is 0.200. The SMILES string of the molecule is Cc1cccc(C)c1CC1N=C(c2ccc(O)cc2)c2cc(Cl)ccc2N(C)C1=O. The van der Waals surface area contributed by atoms with Gasteiger partial charge in [-0.2, -0.15) is 0 Å². The number of halogens is 1. The van der Waals surface area contributed by atoms with Crippen LogP contribution in [0.25, 0.3) is 0 Å². The van der Waals surface area contributed by atoms with E-state index in [-0.39, 0.29) is 11.7 Å². The quantitative estimate of drug-likeness (QED) is 0.644. The number of aryl methyl sites for hydroxylation is 2. The number of rotatable bonds is 3. The number of hydrogen-bond acceptors (Lipinski definition) is 3. The Morgan fingerprint density at radius 3 is 2.37 bits per heavy atom. The molecule has 4 rings (SSSR count). The molecule has 4 nitrogen and oxygen atoms in total. The summed E-state index contributed by atoms with van der Waals surface area (Å²) in [5.74, 6) is 0.120. The molecule has 1 aliphatic rings. The third-order valence-electron chi connectivity index (χ3n) is 5.66. The number of phenols is 1. The van der Waals surface area contributed by atoms with Crippen molar-refractivity contribution < 1.29 is 9.90 Å². The molecule has 1 unspecified atom stereocenters. The molecular formula is C25H23ClN2O2. The minimum Gasteiger partial charge on any atom is -0.508 e. The first-order valence-corrected chi connectivity index (χ1v) is 10.2. The Balaban J connectivity index is 1.89. The fourth-order valence-electron chi connectivity index (χ4n) is 3.96. The van der Waals surface area contributed by atoms with Crippen LogP contribution in [-0.2, 0) is 11.2 Å². The standard InChI is InChI=1S/C25H23ClN2O2/c1-15-5-4-6-16(2)20(15)14-22-25(30)28(3)23-12-9-18(26)13-21(23)24(27-22)17-7-10-19(29)11-8-17/h4-13,22,29H,14H2,1-3H3. The summed E-state index contributed by atoms with van der Waals surface area (Å²) in [6, 6.07) is 17.9. The number of aromatic hydroxyl groups is 1. The molecule has 3 aromatic carbocycles. The van der Waals surface area contributed by atoms with Gasteiger partial charge >= 0.3 is 0 Å². The number of hydrogen-bond donors (Lipinski definition) is 1. The van der Waals surface area contributed by atoms with E-state index in [4.69, 9.17) is 16.6 Å². The van der Waals surface area contributed by atoms with Gasteiger partial charge in [-0.1, -0.05) is 29.8 Å². The second kappa shape index (κ2) is 7.96. The van der Waals surface area contributed by atoms with Gasteiger partial charge in [0.1, 0.15) is 11.8 Å². The zero-order chi connectivity index (χ0) is 21.4. The smallest absolute Gasteiger partial charge is 0.251 e. The van der Waals surface area contributed by atoms with Crippen molar-refractivity contribution in [3.05, 3.63) is 93.5 Å². The number of aliphatic imine (C=N–C) groups is 1. The second-order valence-corrected chi connectivity index (χ2v) is 8.11. The zero-order valence-electron chi connectivity index (χ0n) is 17.2. The summed E-state index contributed by atoms with van der Waals surface area (Å²) >= 11 is 6.30. The maximum Gasteiger partial charge on any atom is 0.251 e. The van der Waals surface area contributed by atoms with E-state index in [0.29, 0.717) is 17.2 Å². The first kappa shape index (κ1) is 20.2. The van der Waals surface area contributed by atoms with Crippen LogP contribution in [0.4, 0.5) is 5.69 Å². The summed E-state index contributed by atoms with van der Waals surface area (Å²) < 4.78 is 0. The summed E-state index contributed by atoms with van der Waals surface area (Å²) in [6.45, 7) is 4.12. The molecule has 152 valence electrons. The highest BCUT2D eigenvalue weighted by atomic mass is 35.5. The molecule has 0 bridgehead atoms. The van der Waals surface area contributed by atoms with Gasteiger partial charge in [-0.3, -0.25) is 9.79 Å². The predicted octanol–water partition coefficient (Wildman–Crippen LogP) is 5.09. The Hall–Kier alpha value is -3.11. The third-order valence-corrected chi connectivity index (χ3v) is 5.89. The largest absolute Gasteiger partial charge is 0.508 e. The van der Waals surface area contributed by atoms with Crippen LogP contribution in [0, 0.1) is 13.8 Å². The Morgan fingerprint density at radius 2 is 1.70 bits per heavy atom. The first-order valence-electron chi connectivity index (χ1n) is 9.85. The monoisotopic (exact) mass is 418 g/mol. The van der Waals surface area contributed by atoms with Gasteiger partial charge in [0, 0.05) is 29.6 Å². The van der Waals surface area contributed by atoms with Crippen molar-refractivity contribution in [1.29, 1.82) is 0 Å². The molecule has 5 heteroatoms. The van der Waals surface area contributed by atoms with Crippen molar-refractivity contribution in [2.75, 3.05) is 11.9 Å². The van der Waals surface area contributed by atoms with Crippen molar-refractivity contribution in [1.82, 2.24) is 0 Å². The Kier molecular flexibility index (Phi) is 5.35. The topological polar surface area (TPSA) is 52.9 Å². The molecule has 0 saturated carbocycles. The van der Waals surface area contributed by atoms with E-state index < -0.39 is 6.04 Å². The van der Waals surface area contributed by atoms with Gasteiger partial charge in [-0.05, 0) is 73.0 Å². The summed E-state index contributed by atoms with van der Waals surface area (Å²) in [7, 11) is 1.78. The molecule has 3 aromatic rings. The van der Waals surface area contributed by atoms with Crippen molar-refractivity contribution >= 4 is 28.9 Å². The van der Waals surface area contributed by atoms with Crippen LogP contribution >= 0.6 is 11.6 Å². The fourth-order valence-corrected chi connectivity index (χ4v) is 4.13. The van der Waals surface area contributed by atoms with E-state index in [2.05, 4.69) is 26.0 Å². The van der Waals surface area contributed by atoms with Gasteiger partial charge in [0.15, 0.2) is 0 Å². The number of amides is 1. The molecule has 0 aromatic heterocycles. The van der Waals surface area contributed by atoms with E-state index in [9.17, 15) is 9.90 Å². The number of anilines is 1. The van der Waals surface area contributed by atoms with Crippen molar-refractivity contribution in [3.8, 4) is 5.75 Å². The maximum absolute atomic E-state index is 13.4. The number of nitrogens with zero attached hydrogens (tertiary/aromatic N) is 2. The molecule has 0 fully saturated rings. The molecular weight excluding hydrogens is 396 g/mol. The van der Waals surface area contributed by atoms with Gasteiger partial charge in [-0.25, -0.2) is 0 Å². The van der Waals surface area contributed by atoms with Crippen LogP contribution in [0.5, 0.6) is 5.75 Å². The van der Waals surface area contributed by atoms with Gasteiger partial charge in [0.25, 0.3) is 5.91 Å². The lowest BCUT2D eigenvalue weighted by Gasteiger charge is -2.21. The number of carbonyl (C=O) groups excluding carboxylic acids is 1. The van der Waals surface area contributed by atoms with Crippen molar-refractivity contribution in [2.45, 2.75) is 26.3 Å². The summed E-state index contributed by atoms with van der Waals surface area (Å²) in [4.78, 5) is 20.0. The highest BCUT2D eigenvalue weighted by Crippen LogP contribution is 2.31. The minimum absolute atomic E-state index is 0.0602. The van der Waals surface area contributed by atoms with Crippen LogP contribution in [0.1, 0.15) is 27.8 Å². The van der Waals surface area contributed by atoms with Crippen LogP contribution in [0.3, 0.4) is 0 Å². The number of benzene rings is 3. The van der Waals surface area contributed by atoms with Gasteiger partial charge in [0.05, 0.1) is 11.4 Å². The Labute approximate surface area is 181 Å². The second-order valence-electron chi connectivity index (χ2n) is 7.67. The zero-order valence-corrected chi connectivity index (χ0v) is 17.9. The first-order chi connectivity index (χ1) is 14.3. The molecule has 1 aliphatic heterocycles.